The zero-order valence-corrected chi connectivity index (χ0v) is 13.1. The zero-order chi connectivity index (χ0) is 17.6. The molecule has 0 saturated carbocycles. The fourth-order valence-electron chi connectivity index (χ4n) is 2.18. The fourth-order valence-corrected chi connectivity index (χ4v) is 2.18. The van der Waals surface area contributed by atoms with Gasteiger partial charge in [0.2, 0.25) is 0 Å². The number of nitrogens with zero attached hydrogens (tertiary/aromatic N) is 5. The minimum absolute atomic E-state index is 0.00185. The summed E-state index contributed by atoms with van der Waals surface area (Å²) in [6.07, 6.45) is 1.55. The van der Waals surface area contributed by atoms with Crippen molar-refractivity contribution in [3.63, 3.8) is 0 Å². The summed E-state index contributed by atoms with van der Waals surface area (Å²) in [5, 5.41) is 23.9. The van der Waals surface area contributed by atoms with Gasteiger partial charge in [-0.15, -0.1) is 0 Å². The number of nitro groups is 1. The van der Waals surface area contributed by atoms with Crippen molar-refractivity contribution in [3.05, 3.63) is 70.5 Å². The van der Waals surface area contributed by atoms with Crippen LogP contribution in [0.2, 0.25) is 0 Å². The Morgan fingerprint density at radius 1 is 1.24 bits per heavy atom. The van der Waals surface area contributed by atoms with Crippen molar-refractivity contribution < 1.29 is 9.66 Å². The molecule has 0 atom stereocenters. The number of nitriles is 1. The van der Waals surface area contributed by atoms with Crippen LogP contribution >= 0.6 is 0 Å². The third kappa shape index (κ3) is 3.97. The van der Waals surface area contributed by atoms with E-state index in [1.807, 2.05) is 6.07 Å². The molecule has 2 aromatic carbocycles. The summed E-state index contributed by atoms with van der Waals surface area (Å²) < 4.78 is 7.20. The van der Waals surface area contributed by atoms with Crippen LogP contribution < -0.4 is 4.74 Å². The molecule has 0 N–H and O–H groups in total. The first-order valence-corrected chi connectivity index (χ1v) is 7.43. The molecule has 0 aliphatic rings. The van der Waals surface area contributed by atoms with Crippen molar-refractivity contribution in [3.8, 4) is 23.2 Å². The van der Waals surface area contributed by atoms with Crippen LogP contribution in [0.25, 0.3) is 11.4 Å². The van der Waals surface area contributed by atoms with E-state index in [2.05, 4.69) is 10.1 Å². The molecule has 0 fully saturated rings. The van der Waals surface area contributed by atoms with E-state index in [-0.39, 0.29) is 5.69 Å². The van der Waals surface area contributed by atoms with E-state index in [9.17, 15) is 10.1 Å². The zero-order valence-electron chi connectivity index (χ0n) is 13.1. The molecule has 3 rings (SSSR count). The molecule has 0 amide bonds. The smallest absolute Gasteiger partial charge is 0.270 e. The number of hydrogen-bond donors (Lipinski definition) is 0. The highest BCUT2D eigenvalue weighted by Crippen LogP contribution is 2.20. The van der Waals surface area contributed by atoms with Crippen LogP contribution in [0.1, 0.15) is 5.56 Å². The van der Waals surface area contributed by atoms with E-state index in [0.29, 0.717) is 35.9 Å². The molecule has 0 spiro atoms. The Labute approximate surface area is 143 Å². The van der Waals surface area contributed by atoms with Gasteiger partial charge in [-0.2, -0.15) is 10.4 Å². The van der Waals surface area contributed by atoms with Crippen LogP contribution in [-0.4, -0.2) is 26.3 Å². The average Bonchev–Trinajstić information content (AvgIpc) is 3.11. The molecule has 0 aliphatic heterocycles. The van der Waals surface area contributed by atoms with Gasteiger partial charge in [0, 0.05) is 17.7 Å². The first-order valence-electron chi connectivity index (χ1n) is 7.43. The highest BCUT2D eigenvalue weighted by molar-refractivity contribution is 5.58. The Balaban J connectivity index is 1.61. The van der Waals surface area contributed by atoms with Crippen molar-refractivity contribution in [1.29, 1.82) is 5.26 Å². The molecular formula is C17H13N5O3. The fraction of sp³-hybridized carbons (Fsp3) is 0.118. The standard InChI is InChI=1S/C17H13N5O3/c18-11-13-4-6-16(7-5-13)25-9-8-21-12-19-17(20-21)14-2-1-3-15(10-14)22(23)24/h1-7,10,12H,8-9H2. The van der Waals surface area contributed by atoms with Gasteiger partial charge in [0.15, 0.2) is 5.82 Å². The van der Waals surface area contributed by atoms with Gasteiger partial charge in [-0.25, -0.2) is 9.67 Å². The third-order valence-electron chi connectivity index (χ3n) is 3.42. The minimum atomic E-state index is -0.452. The SMILES string of the molecule is N#Cc1ccc(OCCn2cnc(-c3cccc([N+](=O)[O-])c3)n2)cc1. The summed E-state index contributed by atoms with van der Waals surface area (Å²) in [6.45, 7) is 0.853. The molecule has 8 nitrogen and oxygen atoms in total. The molecule has 8 heteroatoms. The van der Waals surface area contributed by atoms with E-state index in [1.54, 1.807) is 47.4 Å². The van der Waals surface area contributed by atoms with E-state index in [1.165, 1.54) is 12.1 Å². The molecule has 0 unspecified atom stereocenters. The van der Waals surface area contributed by atoms with E-state index in [0.717, 1.165) is 0 Å². The van der Waals surface area contributed by atoms with Crippen LogP contribution in [0.4, 0.5) is 5.69 Å². The molecule has 0 radical (unpaired) electrons. The Morgan fingerprint density at radius 3 is 2.76 bits per heavy atom. The topological polar surface area (TPSA) is 107 Å². The maximum atomic E-state index is 10.8. The van der Waals surface area contributed by atoms with Gasteiger partial charge in [0.05, 0.1) is 23.1 Å². The lowest BCUT2D eigenvalue weighted by atomic mass is 10.2. The molecule has 25 heavy (non-hydrogen) atoms. The molecule has 1 heterocycles. The molecule has 124 valence electrons. The van der Waals surface area contributed by atoms with E-state index >= 15 is 0 Å². The predicted molar refractivity (Wildman–Crippen MR) is 88.8 cm³/mol. The second-order valence-corrected chi connectivity index (χ2v) is 5.12. The lowest BCUT2D eigenvalue weighted by molar-refractivity contribution is -0.384. The Kier molecular flexibility index (Phi) is 4.67. The van der Waals surface area contributed by atoms with Crippen molar-refractivity contribution >= 4 is 5.69 Å². The van der Waals surface area contributed by atoms with E-state index in [4.69, 9.17) is 10.00 Å². The maximum Gasteiger partial charge on any atom is 0.270 e. The molecule has 0 bridgehead atoms. The minimum Gasteiger partial charge on any atom is -0.492 e. The van der Waals surface area contributed by atoms with Crippen LogP contribution in [0.15, 0.2) is 54.9 Å². The maximum absolute atomic E-state index is 10.8. The van der Waals surface area contributed by atoms with Crippen LogP contribution in [-0.2, 0) is 6.54 Å². The van der Waals surface area contributed by atoms with Gasteiger partial charge in [-0.05, 0) is 24.3 Å². The van der Waals surface area contributed by atoms with Crippen molar-refractivity contribution in [2.24, 2.45) is 0 Å². The molecule has 1 aromatic heterocycles. The van der Waals surface area contributed by atoms with Gasteiger partial charge >= 0.3 is 0 Å². The highest BCUT2D eigenvalue weighted by Gasteiger charge is 2.10. The van der Waals surface area contributed by atoms with Gasteiger partial charge in [0.1, 0.15) is 18.7 Å². The number of non-ortho nitro benzene ring substituents is 1. The van der Waals surface area contributed by atoms with Crippen LogP contribution in [0.5, 0.6) is 5.75 Å². The largest absolute Gasteiger partial charge is 0.492 e. The summed E-state index contributed by atoms with van der Waals surface area (Å²) in [6, 6.07) is 15.1. The van der Waals surface area contributed by atoms with Crippen LogP contribution in [0, 0.1) is 21.4 Å². The van der Waals surface area contributed by atoms with Crippen LogP contribution in [0.3, 0.4) is 0 Å². The van der Waals surface area contributed by atoms with Crippen molar-refractivity contribution in [2.45, 2.75) is 6.54 Å². The summed E-state index contributed by atoms with van der Waals surface area (Å²) >= 11 is 0. The second-order valence-electron chi connectivity index (χ2n) is 5.12. The Morgan fingerprint density at radius 2 is 2.04 bits per heavy atom. The number of ether oxygens (including phenoxy) is 1. The number of nitro benzene ring substituents is 1. The molecule has 0 saturated heterocycles. The number of hydrogen-bond acceptors (Lipinski definition) is 6. The lowest BCUT2D eigenvalue weighted by Crippen LogP contribution is -2.08. The number of rotatable bonds is 6. The first kappa shape index (κ1) is 16.1. The summed E-state index contributed by atoms with van der Waals surface area (Å²) in [5.74, 6) is 1.08. The highest BCUT2D eigenvalue weighted by atomic mass is 16.6. The number of aromatic nitrogens is 3. The van der Waals surface area contributed by atoms with Gasteiger partial charge in [0.25, 0.3) is 5.69 Å². The summed E-state index contributed by atoms with van der Waals surface area (Å²) in [4.78, 5) is 14.6. The Hall–Kier alpha value is -3.73. The normalized spacial score (nSPS) is 10.2. The third-order valence-corrected chi connectivity index (χ3v) is 3.42. The van der Waals surface area contributed by atoms with Gasteiger partial charge in [-0.1, -0.05) is 12.1 Å². The average molecular weight is 335 g/mol. The Bertz CT molecular complexity index is 928. The summed E-state index contributed by atoms with van der Waals surface area (Å²) in [7, 11) is 0. The van der Waals surface area contributed by atoms with Gasteiger partial charge < -0.3 is 4.74 Å². The van der Waals surface area contributed by atoms with Crippen molar-refractivity contribution in [1.82, 2.24) is 14.8 Å². The van der Waals surface area contributed by atoms with Crippen molar-refractivity contribution in [2.75, 3.05) is 6.61 Å². The van der Waals surface area contributed by atoms with E-state index < -0.39 is 4.92 Å². The summed E-state index contributed by atoms with van der Waals surface area (Å²) in [5.41, 5.74) is 1.16. The predicted octanol–water partition coefficient (Wildman–Crippen LogP) is 2.80. The number of benzene rings is 2. The molecular weight excluding hydrogens is 322 g/mol. The first-order chi connectivity index (χ1) is 12.2. The quantitative estimate of drug-likeness (QED) is 0.506. The monoisotopic (exact) mass is 335 g/mol. The molecule has 3 aromatic rings. The van der Waals surface area contributed by atoms with Gasteiger partial charge in [-0.3, -0.25) is 10.1 Å². The molecule has 0 aliphatic carbocycles. The lowest BCUT2D eigenvalue weighted by Gasteiger charge is -2.05. The second kappa shape index (κ2) is 7.23.